The Kier molecular flexibility index (Phi) is 5.89. The number of hydrogen-bond donors (Lipinski definition) is 1. The smallest absolute Gasteiger partial charge is 0.218 e. The van der Waals surface area contributed by atoms with Crippen molar-refractivity contribution in [3.63, 3.8) is 0 Å². The largest absolute Gasteiger partial charge is 0.497 e. The summed E-state index contributed by atoms with van der Waals surface area (Å²) in [5.41, 5.74) is 9.09. The lowest BCUT2D eigenvalue weighted by Crippen LogP contribution is -2.36. The molecule has 2 atom stereocenters. The van der Waals surface area contributed by atoms with Gasteiger partial charge >= 0.3 is 0 Å². The Morgan fingerprint density at radius 1 is 1.35 bits per heavy atom. The predicted octanol–water partition coefficient (Wildman–Crippen LogP) is 3.41. The van der Waals surface area contributed by atoms with E-state index >= 15 is 0 Å². The first-order chi connectivity index (χ1) is 12.6. The molecule has 0 saturated carbocycles. The molecule has 1 amide bonds. The molecule has 3 rings (SSSR count). The van der Waals surface area contributed by atoms with Gasteiger partial charge in [-0.2, -0.15) is 0 Å². The number of methoxy groups -OCH3 is 1. The number of nitrogens with zero attached hydrogens (tertiary/aromatic N) is 2. The Hall–Kier alpha value is -2.40. The molecular weight excluding hydrogens is 326 g/mol. The summed E-state index contributed by atoms with van der Waals surface area (Å²) in [5, 5.41) is 0. The molecule has 5 heteroatoms. The highest BCUT2D eigenvalue weighted by Gasteiger charge is 2.30. The number of aryl methyl sites for hydroxylation is 1. The topological polar surface area (TPSA) is 68.5 Å². The number of pyridine rings is 1. The highest BCUT2D eigenvalue weighted by molar-refractivity contribution is 5.73. The van der Waals surface area contributed by atoms with Gasteiger partial charge in [0, 0.05) is 25.2 Å². The molecule has 1 aliphatic carbocycles. The van der Waals surface area contributed by atoms with Crippen LogP contribution < -0.4 is 10.5 Å². The maximum absolute atomic E-state index is 11.4. The summed E-state index contributed by atoms with van der Waals surface area (Å²) in [6.45, 7) is 2.81. The number of nitrogens with two attached hydrogens (primary N) is 1. The van der Waals surface area contributed by atoms with E-state index in [2.05, 4.69) is 35.0 Å². The molecule has 0 unspecified atom stereocenters. The van der Waals surface area contributed by atoms with Crippen LogP contribution in [0.25, 0.3) is 0 Å². The molecule has 1 aliphatic rings. The average molecular weight is 353 g/mol. The highest BCUT2D eigenvalue weighted by atomic mass is 16.5. The molecule has 1 heterocycles. The van der Waals surface area contributed by atoms with Crippen LogP contribution in [0.4, 0.5) is 0 Å². The van der Waals surface area contributed by atoms with E-state index in [1.165, 1.54) is 11.1 Å². The minimum Gasteiger partial charge on any atom is -0.497 e. The Bertz CT molecular complexity index is 745. The summed E-state index contributed by atoms with van der Waals surface area (Å²) in [4.78, 5) is 18.5. The van der Waals surface area contributed by atoms with Crippen molar-refractivity contribution in [2.75, 3.05) is 13.7 Å². The van der Waals surface area contributed by atoms with Crippen LogP contribution in [0, 0.1) is 0 Å². The van der Waals surface area contributed by atoms with Crippen LogP contribution in [-0.4, -0.2) is 29.4 Å². The van der Waals surface area contributed by atoms with Crippen LogP contribution in [0.3, 0.4) is 0 Å². The fourth-order valence-electron chi connectivity index (χ4n) is 3.84. The van der Waals surface area contributed by atoms with Gasteiger partial charge in [-0.05, 0) is 55.5 Å². The maximum atomic E-state index is 11.4. The molecular formula is C21H27N3O2. The fourth-order valence-corrected chi connectivity index (χ4v) is 3.84. The zero-order valence-electron chi connectivity index (χ0n) is 15.5. The summed E-state index contributed by atoms with van der Waals surface area (Å²) < 4.78 is 5.27. The number of benzene rings is 1. The molecule has 138 valence electrons. The van der Waals surface area contributed by atoms with Gasteiger partial charge in [-0.1, -0.05) is 18.2 Å². The molecule has 26 heavy (non-hydrogen) atoms. The molecule has 0 spiro atoms. The minimum atomic E-state index is -0.269. The zero-order chi connectivity index (χ0) is 18.5. The lowest BCUT2D eigenvalue weighted by Gasteiger charge is -2.39. The van der Waals surface area contributed by atoms with E-state index < -0.39 is 0 Å². The SMILES string of the molecule is COc1ccc([C@H](C)N(CCC(N)=O)[C@H]2CCCc3cccnc32)cc1. The van der Waals surface area contributed by atoms with Crippen molar-refractivity contribution in [2.45, 2.75) is 44.7 Å². The second kappa shape index (κ2) is 8.32. The first-order valence-corrected chi connectivity index (χ1v) is 9.22. The number of primary amides is 1. The van der Waals surface area contributed by atoms with E-state index in [0.29, 0.717) is 13.0 Å². The van der Waals surface area contributed by atoms with Gasteiger partial charge in [-0.15, -0.1) is 0 Å². The van der Waals surface area contributed by atoms with Crippen LogP contribution in [0.1, 0.15) is 55.1 Å². The third kappa shape index (κ3) is 4.05. The van der Waals surface area contributed by atoms with Gasteiger partial charge in [0.2, 0.25) is 5.91 Å². The number of fused-ring (bicyclic) bond motifs is 1. The zero-order valence-corrected chi connectivity index (χ0v) is 15.5. The number of ether oxygens (including phenoxy) is 1. The maximum Gasteiger partial charge on any atom is 0.218 e. The second-order valence-corrected chi connectivity index (χ2v) is 6.86. The highest BCUT2D eigenvalue weighted by Crippen LogP contribution is 2.38. The number of aromatic nitrogens is 1. The molecule has 2 aromatic rings. The lowest BCUT2D eigenvalue weighted by molar-refractivity contribution is -0.118. The van der Waals surface area contributed by atoms with Gasteiger partial charge in [0.1, 0.15) is 5.75 Å². The Morgan fingerprint density at radius 3 is 2.81 bits per heavy atom. The molecule has 1 aromatic heterocycles. The standard InChI is InChI=1S/C21H27N3O2/c1-15(16-8-10-18(26-2)11-9-16)24(14-12-20(22)25)19-7-3-5-17-6-4-13-23-21(17)19/h4,6,8-11,13,15,19H,3,5,7,12,14H2,1-2H3,(H2,22,25)/t15-,19-/m0/s1. The van der Waals surface area contributed by atoms with Gasteiger partial charge in [0.25, 0.3) is 0 Å². The number of rotatable bonds is 7. The van der Waals surface area contributed by atoms with E-state index in [9.17, 15) is 4.79 Å². The van der Waals surface area contributed by atoms with Crippen LogP contribution in [0.5, 0.6) is 5.75 Å². The Labute approximate surface area is 155 Å². The predicted molar refractivity (Wildman–Crippen MR) is 102 cm³/mol. The van der Waals surface area contributed by atoms with Crippen LogP contribution in [0.15, 0.2) is 42.6 Å². The monoisotopic (exact) mass is 353 g/mol. The summed E-state index contributed by atoms with van der Waals surface area (Å²) in [5.74, 6) is 0.572. The summed E-state index contributed by atoms with van der Waals surface area (Å²) >= 11 is 0. The first kappa shape index (κ1) is 18.4. The molecule has 0 saturated heterocycles. The summed E-state index contributed by atoms with van der Waals surface area (Å²) in [6.07, 6.45) is 5.45. The van der Waals surface area contributed by atoms with Crippen LogP contribution >= 0.6 is 0 Å². The molecule has 0 radical (unpaired) electrons. The van der Waals surface area contributed by atoms with Crippen molar-refractivity contribution in [2.24, 2.45) is 5.73 Å². The van der Waals surface area contributed by atoms with E-state index in [0.717, 1.165) is 30.7 Å². The van der Waals surface area contributed by atoms with E-state index in [-0.39, 0.29) is 18.0 Å². The van der Waals surface area contributed by atoms with Gasteiger partial charge in [0.05, 0.1) is 18.8 Å². The van der Waals surface area contributed by atoms with Gasteiger partial charge < -0.3 is 10.5 Å². The van der Waals surface area contributed by atoms with E-state index in [1.54, 1.807) is 7.11 Å². The number of carbonyl (C=O) groups excluding carboxylic acids is 1. The Balaban J connectivity index is 1.90. The molecule has 2 N–H and O–H groups in total. The first-order valence-electron chi connectivity index (χ1n) is 9.22. The molecule has 0 bridgehead atoms. The van der Waals surface area contributed by atoms with Gasteiger partial charge in [0.15, 0.2) is 0 Å². The molecule has 0 aliphatic heterocycles. The van der Waals surface area contributed by atoms with Gasteiger partial charge in [-0.25, -0.2) is 0 Å². The van der Waals surface area contributed by atoms with Crippen LogP contribution in [0.2, 0.25) is 0 Å². The van der Waals surface area contributed by atoms with Gasteiger partial charge in [-0.3, -0.25) is 14.7 Å². The number of hydrogen-bond acceptors (Lipinski definition) is 4. The third-order valence-electron chi connectivity index (χ3n) is 5.28. The summed E-state index contributed by atoms with van der Waals surface area (Å²) in [6, 6.07) is 12.7. The van der Waals surface area contributed by atoms with E-state index in [4.69, 9.17) is 10.5 Å². The van der Waals surface area contributed by atoms with Crippen molar-refractivity contribution in [1.82, 2.24) is 9.88 Å². The van der Waals surface area contributed by atoms with E-state index in [1.807, 2.05) is 24.4 Å². The van der Waals surface area contributed by atoms with Crippen molar-refractivity contribution in [3.8, 4) is 5.75 Å². The van der Waals surface area contributed by atoms with Crippen molar-refractivity contribution < 1.29 is 9.53 Å². The number of amides is 1. The number of carbonyl (C=O) groups is 1. The third-order valence-corrected chi connectivity index (χ3v) is 5.28. The Morgan fingerprint density at radius 2 is 2.12 bits per heavy atom. The summed E-state index contributed by atoms with van der Waals surface area (Å²) in [7, 11) is 1.67. The normalized spacial score (nSPS) is 17.6. The lowest BCUT2D eigenvalue weighted by atomic mass is 9.89. The molecule has 1 aromatic carbocycles. The van der Waals surface area contributed by atoms with Crippen molar-refractivity contribution in [3.05, 3.63) is 59.4 Å². The van der Waals surface area contributed by atoms with Crippen molar-refractivity contribution >= 4 is 5.91 Å². The molecule has 0 fully saturated rings. The fraction of sp³-hybridized carbons (Fsp3) is 0.429. The molecule has 5 nitrogen and oxygen atoms in total. The quantitative estimate of drug-likeness (QED) is 0.828. The second-order valence-electron chi connectivity index (χ2n) is 6.86. The minimum absolute atomic E-state index is 0.151. The average Bonchev–Trinajstić information content (AvgIpc) is 2.68. The van der Waals surface area contributed by atoms with Crippen molar-refractivity contribution in [1.29, 1.82) is 0 Å². The van der Waals surface area contributed by atoms with Crippen LogP contribution in [-0.2, 0) is 11.2 Å².